The molecule has 0 unspecified atom stereocenters. The first-order valence-electron chi connectivity index (χ1n) is 5.83. The Morgan fingerprint density at radius 1 is 1.22 bits per heavy atom. The van der Waals surface area contributed by atoms with Gasteiger partial charge in [-0.05, 0) is 6.92 Å². The molecule has 0 amide bonds. The molecule has 0 bridgehead atoms. The second kappa shape index (κ2) is 6.59. The Balaban J connectivity index is 0.000000771. The van der Waals surface area contributed by atoms with Gasteiger partial charge >= 0.3 is 5.97 Å². The van der Waals surface area contributed by atoms with Crippen LogP contribution in [0.5, 0.6) is 0 Å². The molecule has 96 valence electrons. The molecule has 0 aliphatic rings. The topological polar surface area (TPSA) is 52.3 Å². The maximum absolute atomic E-state index is 11.2. The van der Waals surface area contributed by atoms with E-state index in [4.69, 9.17) is 4.52 Å². The van der Waals surface area contributed by atoms with Gasteiger partial charge in [-0.25, -0.2) is 4.79 Å². The monoisotopic (exact) mass is 247 g/mol. The van der Waals surface area contributed by atoms with Gasteiger partial charge in [0.1, 0.15) is 0 Å². The fraction of sp³-hybridized carbons (Fsp3) is 0.286. The Morgan fingerprint density at radius 2 is 1.83 bits per heavy atom. The van der Waals surface area contributed by atoms with Crippen LogP contribution in [0.15, 0.2) is 34.9 Å². The van der Waals surface area contributed by atoms with Gasteiger partial charge < -0.3 is 9.26 Å². The minimum Gasteiger partial charge on any atom is -0.464 e. The third-order valence-electron chi connectivity index (χ3n) is 2.24. The van der Waals surface area contributed by atoms with Gasteiger partial charge in [0.2, 0.25) is 0 Å². The predicted molar refractivity (Wildman–Crippen MR) is 69.4 cm³/mol. The van der Waals surface area contributed by atoms with Crippen molar-refractivity contribution in [2.75, 3.05) is 7.11 Å². The molecule has 0 radical (unpaired) electrons. The Hall–Kier alpha value is -2.10. The van der Waals surface area contributed by atoms with Gasteiger partial charge in [0.15, 0.2) is 11.5 Å². The molecule has 1 heterocycles. The van der Waals surface area contributed by atoms with Crippen molar-refractivity contribution in [3.05, 3.63) is 41.6 Å². The molecular weight excluding hydrogens is 230 g/mol. The predicted octanol–water partition coefficient (Wildman–Crippen LogP) is 3.46. The average Bonchev–Trinajstić information content (AvgIpc) is 2.90. The number of benzene rings is 1. The lowest BCUT2D eigenvalue weighted by Gasteiger charge is -1.95. The molecule has 0 atom stereocenters. The molecule has 1 aromatic heterocycles. The molecule has 0 N–H and O–H groups in total. The molecule has 4 nitrogen and oxygen atoms in total. The Morgan fingerprint density at radius 3 is 2.39 bits per heavy atom. The van der Waals surface area contributed by atoms with Crippen LogP contribution < -0.4 is 0 Å². The van der Waals surface area contributed by atoms with E-state index in [1.807, 2.05) is 45.0 Å². The van der Waals surface area contributed by atoms with Crippen molar-refractivity contribution in [2.45, 2.75) is 20.8 Å². The fourth-order valence-electron chi connectivity index (χ4n) is 1.33. The van der Waals surface area contributed by atoms with Gasteiger partial charge in [-0.2, -0.15) is 0 Å². The zero-order valence-corrected chi connectivity index (χ0v) is 11.1. The van der Waals surface area contributed by atoms with E-state index < -0.39 is 5.97 Å². The molecule has 0 fully saturated rings. The summed E-state index contributed by atoms with van der Waals surface area (Å²) in [7, 11) is 1.31. The molecule has 0 saturated heterocycles. The van der Waals surface area contributed by atoms with Crippen molar-refractivity contribution < 1.29 is 14.1 Å². The number of ether oxygens (including phenoxy) is 1. The first kappa shape index (κ1) is 14.0. The van der Waals surface area contributed by atoms with Gasteiger partial charge in [-0.1, -0.05) is 48.8 Å². The van der Waals surface area contributed by atoms with E-state index in [9.17, 15) is 4.79 Å². The highest BCUT2D eigenvalue weighted by Crippen LogP contribution is 2.20. The van der Waals surface area contributed by atoms with Crippen LogP contribution in [0, 0.1) is 6.92 Å². The summed E-state index contributed by atoms with van der Waals surface area (Å²) >= 11 is 0. The first-order chi connectivity index (χ1) is 8.70. The van der Waals surface area contributed by atoms with Gasteiger partial charge in [-0.3, -0.25) is 0 Å². The van der Waals surface area contributed by atoms with Crippen LogP contribution in [-0.4, -0.2) is 18.2 Å². The number of rotatable bonds is 2. The molecule has 0 aliphatic carbocycles. The van der Waals surface area contributed by atoms with Crippen molar-refractivity contribution in [3.8, 4) is 11.3 Å². The standard InChI is InChI=1S/C12H11NO3.C2H6/c1-8-3-5-9(6-4-8)11-7-10(13-16-11)12(14)15-2;1-2/h3-7H,1-2H3;1-2H3. The van der Waals surface area contributed by atoms with Crippen molar-refractivity contribution in [3.63, 3.8) is 0 Å². The summed E-state index contributed by atoms with van der Waals surface area (Å²) < 4.78 is 9.61. The van der Waals surface area contributed by atoms with Gasteiger partial charge in [0.05, 0.1) is 7.11 Å². The van der Waals surface area contributed by atoms with Crippen molar-refractivity contribution in [1.29, 1.82) is 0 Å². The van der Waals surface area contributed by atoms with Crippen LogP contribution in [-0.2, 0) is 4.74 Å². The van der Waals surface area contributed by atoms with Crippen LogP contribution in [0.4, 0.5) is 0 Å². The number of carbonyl (C=O) groups excluding carboxylic acids is 1. The van der Waals surface area contributed by atoms with Crippen molar-refractivity contribution in [1.82, 2.24) is 5.16 Å². The zero-order chi connectivity index (χ0) is 13.5. The summed E-state index contributed by atoms with van der Waals surface area (Å²) in [5, 5.41) is 3.64. The maximum Gasteiger partial charge on any atom is 0.360 e. The summed E-state index contributed by atoms with van der Waals surface area (Å²) in [6.07, 6.45) is 0. The van der Waals surface area contributed by atoms with E-state index in [1.165, 1.54) is 7.11 Å². The van der Waals surface area contributed by atoms with Crippen molar-refractivity contribution >= 4 is 5.97 Å². The molecule has 0 saturated carbocycles. The van der Waals surface area contributed by atoms with Crippen molar-refractivity contribution in [2.24, 2.45) is 0 Å². The first-order valence-corrected chi connectivity index (χ1v) is 5.83. The number of aryl methyl sites for hydroxylation is 1. The lowest BCUT2D eigenvalue weighted by atomic mass is 10.1. The summed E-state index contributed by atoms with van der Waals surface area (Å²) in [5.74, 6) is 0.0579. The van der Waals surface area contributed by atoms with E-state index in [0.717, 1.165) is 11.1 Å². The van der Waals surface area contributed by atoms with E-state index in [0.29, 0.717) is 5.76 Å². The molecule has 0 spiro atoms. The molecule has 2 rings (SSSR count). The van der Waals surface area contributed by atoms with E-state index in [1.54, 1.807) is 6.07 Å². The fourth-order valence-corrected chi connectivity index (χ4v) is 1.33. The molecule has 0 aliphatic heterocycles. The summed E-state index contributed by atoms with van der Waals surface area (Å²) in [6, 6.07) is 9.33. The third-order valence-corrected chi connectivity index (χ3v) is 2.24. The summed E-state index contributed by atoms with van der Waals surface area (Å²) in [4.78, 5) is 11.2. The highest BCUT2D eigenvalue weighted by Gasteiger charge is 2.13. The highest BCUT2D eigenvalue weighted by molar-refractivity contribution is 5.88. The Kier molecular flexibility index (Phi) is 5.11. The smallest absolute Gasteiger partial charge is 0.360 e. The number of nitrogens with zero attached hydrogens (tertiary/aromatic N) is 1. The second-order valence-corrected chi connectivity index (χ2v) is 3.43. The number of hydrogen-bond donors (Lipinski definition) is 0. The minimum absolute atomic E-state index is 0.179. The summed E-state index contributed by atoms with van der Waals surface area (Å²) in [5.41, 5.74) is 2.22. The van der Waals surface area contributed by atoms with Gasteiger partial charge in [-0.15, -0.1) is 0 Å². The van der Waals surface area contributed by atoms with Crippen LogP contribution in [0.2, 0.25) is 0 Å². The number of carbonyl (C=O) groups is 1. The number of esters is 1. The lowest BCUT2D eigenvalue weighted by molar-refractivity contribution is 0.0589. The molecule has 2 aromatic rings. The summed E-state index contributed by atoms with van der Waals surface area (Å²) in [6.45, 7) is 6.00. The maximum atomic E-state index is 11.2. The molecule has 18 heavy (non-hydrogen) atoms. The van der Waals surface area contributed by atoms with Gasteiger partial charge in [0.25, 0.3) is 0 Å². The van der Waals surface area contributed by atoms with Crippen LogP contribution in [0.3, 0.4) is 0 Å². The van der Waals surface area contributed by atoms with Gasteiger partial charge in [0, 0.05) is 11.6 Å². The van der Waals surface area contributed by atoms with Crippen LogP contribution in [0.1, 0.15) is 29.9 Å². The third kappa shape index (κ3) is 3.20. The second-order valence-electron chi connectivity index (χ2n) is 3.43. The molecular formula is C14H17NO3. The zero-order valence-electron chi connectivity index (χ0n) is 11.1. The number of methoxy groups -OCH3 is 1. The largest absolute Gasteiger partial charge is 0.464 e. The lowest BCUT2D eigenvalue weighted by Crippen LogP contribution is -2.00. The minimum atomic E-state index is -0.498. The van der Waals surface area contributed by atoms with Crippen LogP contribution >= 0.6 is 0 Å². The molecule has 1 aromatic carbocycles. The van der Waals surface area contributed by atoms with Crippen LogP contribution in [0.25, 0.3) is 11.3 Å². The Labute approximate surface area is 107 Å². The average molecular weight is 247 g/mol. The normalized spacial score (nSPS) is 9.33. The van der Waals surface area contributed by atoms with E-state index in [2.05, 4.69) is 9.89 Å². The molecule has 4 heteroatoms. The van der Waals surface area contributed by atoms with E-state index in [-0.39, 0.29) is 5.69 Å². The Bertz CT molecular complexity index is 500. The quantitative estimate of drug-likeness (QED) is 0.762. The highest BCUT2D eigenvalue weighted by atomic mass is 16.5. The number of hydrogen-bond acceptors (Lipinski definition) is 4. The van der Waals surface area contributed by atoms with E-state index >= 15 is 0 Å². The number of aromatic nitrogens is 1. The SMILES string of the molecule is CC.COC(=O)c1cc(-c2ccc(C)cc2)on1.